The minimum atomic E-state index is -4.07. The van der Waals surface area contributed by atoms with E-state index in [1.807, 2.05) is 51.1 Å². The van der Waals surface area contributed by atoms with Crippen LogP contribution in [0.5, 0.6) is 5.75 Å². The molecule has 1 heterocycles. The lowest BCUT2D eigenvalue weighted by Gasteiger charge is -2.14. The van der Waals surface area contributed by atoms with E-state index >= 15 is 0 Å². The summed E-state index contributed by atoms with van der Waals surface area (Å²) < 4.78 is 35.2. The molecule has 0 radical (unpaired) electrons. The monoisotopic (exact) mass is 492 g/mol. The highest BCUT2D eigenvalue weighted by Gasteiger charge is 2.20. The fourth-order valence-corrected chi connectivity index (χ4v) is 4.60. The highest BCUT2D eigenvalue weighted by Crippen LogP contribution is 2.31. The van der Waals surface area contributed by atoms with Crippen molar-refractivity contribution in [1.29, 1.82) is 0 Å². The topological polar surface area (TPSA) is 112 Å². The molecule has 0 aliphatic rings. The number of aliphatic hydroxyl groups excluding tert-OH is 1. The Morgan fingerprint density at radius 2 is 1.69 bits per heavy atom. The Morgan fingerprint density at radius 3 is 2.43 bits per heavy atom. The van der Waals surface area contributed by atoms with Crippen molar-refractivity contribution in [3.05, 3.63) is 83.4 Å². The molecule has 0 saturated heterocycles. The van der Waals surface area contributed by atoms with E-state index in [2.05, 4.69) is 0 Å². The molecule has 0 aliphatic carbocycles. The zero-order chi connectivity index (χ0) is 25.2. The van der Waals surface area contributed by atoms with Crippen LogP contribution >= 0.6 is 0 Å². The first-order chi connectivity index (χ1) is 16.6. The van der Waals surface area contributed by atoms with E-state index < -0.39 is 16.4 Å². The molecule has 182 valence electrons. The van der Waals surface area contributed by atoms with Crippen molar-refractivity contribution in [3.63, 3.8) is 0 Å². The van der Waals surface area contributed by atoms with E-state index in [-0.39, 0.29) is 17.9 Å². The second-order valence-electron chi connectivity index (χ2n) is 8.47. The predicted octanol–water partition coefficient (Wildman–Crippen LogP) is 4.90. The first-order valence-electron chi connectivity index (χ1n) is 11.2. The summed E-state index contributed by atoms with van der Waals surface area (Å²) >= 11 is 0. The van der Waals surface area contributed by atoms with Crippen molar-refractivity contribution in [1.82, 2.24) is 4.98 Å². The maximum absolute atomic E-state index is 12.3. The summed E-state index contributed by atoms with van der Waals surface area (Å²) in [6.07, 6.45) is -1.56. The largest absolute Gasteiger partial charge is 0.493 e. The third-order valence-electron chi connectivity index (χ3n) is 5.91. The molecule has 1 atom stereocenters. The summed E-state index contributed by atoms with van der Waals surface area (Å²) in [4.78, 5) is 4.75. The number of aryl methyl sites for hydroxylation is 2. The molecule has 4 rings (SSSR count). The number of ether oxygens (including phenoxy) is 1. The van der Waals surface area contributed by atoms with Crippen LogP contribution in [0.1, 0.15) is 23.1 Å². The number of anilines is 1. The van der Waals surface area contributed by atoms with Gasteiger partial charge in [0.15, 0.2) is 6.29 Å². The fourth-order valence-electron chi connectivity index (χ4n) is 3.63. The van der Waals surface area contributed by atoms with Crippen molar-refractivity contribution < 1.29 is 22.4 Å². The van der Waals surface area contributed by atoms with Gasteiger partial charge < -0.3 is 15.6 Å². The van der Waals surface area contributed by atoms with Gasteiger partial charge in [-0.25, -0.2) is 9.17 Å². The fraction of sp³-hybridized carbons (Fsp3) is 0.222. The quantitative estimate of drug-likeness (QED) is 0.204. The van der Waals surface area contributed by atoms with Crippen molar-refractivity contribution >= 4 is 26.7 Å². The highest BCUT2D eigenvalue weighted by atomic mass is 32.2. The average molecular weight is 493 g/mol. The van der Waals surface area contributed by atoms with E-state index in [0.29, 0.717) is 11.4 Å². The summed E-state index contributed by atoms with van der Waals surface area (Å²) in [5.74, 6) is 0.545. The molecule has 35 heavy (non-hydrogen) atoms. The molecule has 1 unspecified atom stereocenters. The number of hydrogen-bond donors (Lipinski definition) is 2. The maximum atomic E-state index is 12.3. The lowest BCUT2D eigenvalue weighted by molar-refractivity contribution is -0.0256. The number of aromatic nitrogens is 1. The zero-order valence-electron chi connectivity index (χ0n) is 19.9. The standard InChI is InChI=1S/C27H28N2O5S/c1-17-4-10-22(11-5-17)35(31,32)34-26(30)14-15-33-21-9-7-20-8-13-24(29-25(20)16-21)23-12-6-18(2)19(3)27(23)28/h4-13,16,26,30H,14-15,28H2,1-3H3. The van der Waals surface area contributed by atoms with Gasteiger partial charge in [0.25, 0.3) is 10.1 Å². The minimum absolute atomic E-state index is 0.0103. The van der Waals surface area contributed by atoms with Gasteiger partial charge in [-0.05, 0) is 62.2 Å². The van der Waals surface area contributed by atoms with E-state index in [9.17, 15) is 13.5 Å². The van der Waals surface area contributed by atoms with Gasteiger partial charge in [0.1, 0.15) is 5.75 Å². The van der Waals surface area contributed by atoms with Crippen LogP contribution in [0.25, 0.3) is 22.2 Å². The van der Waals surface area contributed by atoms with E-state index in [4.69, 9.17) is 19.6 Å². The molecular formula is C27H28N2O5S. The van der Waals surface area contributed by atoms with Gasteiger partial charge in [-0.1, -0.05) is 35.9 Å². The lowest BCUT2D eigenvalue weighted by Crippen LogP contribution is -2.20. The van der Waals surface area contributed by atoms with Crippen LogP contribution in [-0.4, -0.2) is 31.4 Å². The van der Waals surface area contributed by atoms with Gasteiger partial charge in [0.2, 0.25) is 0 Å². The smallest absolute Gasteiger partial charge is 0.299 e. The second-order valence-corrected chi connectivity index (χ2v) is 10.0. The first-order valence-corrected chi connectivity index (χ1v) is 12.6. The predicted molar refractivity (Wildman–Crippen MR) is 137 cm³/mol. The van der Waals surface area contributed by atoms with Crippen LogP contribution in [0, 0.1) is 20.8 Å². The van der Waals surface area contributed by atoms with Crippen LogP contribution in [0.2, 0.25) is 0 Å². The van der Waals surface area contributed by atoms with Crippen molar-refractivity contribution in [2.45, 2.75) is 38.4 Å². The average Bonchev–Trinajstić information content (AvgIpc) is 2.82. The normalized spacial score (nSPS) is 12.6. The molecule has 0 spiro atoms. The van der Waals surface area contributed by atoms with E-state index in [0.717, 1.165) is 38.9 Å². The van der Waals surface area contributed by atoms with Crippen molar-refractivity contribution in [2.24, 2.45) is 0 Å². The minimum Gasteiger partial charge on any atom is -0.493 e. The summed E-state index contributed by atoms with van der Waals surface area (Å²) in [7, 11) is -4.07. The Balaban J connectivity index is 1.42. The number of aliphatic hydroxyl groups is 1. The van der Waals surface area contributed by atoms with Crippen LogP contribution in [0.4, 0.5) is 5.69 Å². The summed E-state index contributed by atoms with van der Waals surface area (Å²) in [5.41, 5.74) is 12.5. The SMILES string of the molecule is Cc1ccc(S(=O)(=O)OC(O)CCOc2ccc3ccc(-c4ccc(C)c(C)c4N)nc3c2)cc1. The molecule has 7 nitrogen and oxygen atoms in total. The number of pyridine rings is 1. The second kappa shape index (κ2) is 10.0. The van der Waals surface area contributed by atoms with Crippen molar-refractivity contribution in [3.8, 4) is 17.0 Å². The van der Waals surface area contributed by atoms with Crippen LogP contribution < -0.4 is 10.5 Å². The highest BCUT2D eigenvalue weighted by molar-refractivity contribution is 7.86. The number of hydrogen-bond acceptors (Lipinski definition) is 7. The third kappa shape index (κ3) is 5.62. The molecule has 4 aromatic rings. The Labute approximate surface area is 205 Å². The molecule has 1 aromatic heterocycles. The number of benzene rings is 3. The molecule has 0 fully saturated rings. The molecule has 0 bridgehead atoms. The van der Waals surface area contributed by atoms with Gasteiger partial charge in [0.05, 0.1) is 22.7 Å². The van der Waals surface area contributed by atoms with Crippen LogP contribution in [-0.2, 0) is 14.3 Å². The van der Waals surface area contributed by atoms with Crippen molar-refractivity contribution in [2.75, 3.05) is 12.3 Å². The third-order valence-corrected chi connectivity index (χ3v) is 7.23. The maximum Gasteiger partial charge on any atom is 0.299 e. The molecule has 0 aliphatic heterocycles. The summed E-state index contributed by atoms with van der Waals surface area (Å²) in [5, 5.41) is 11.0. The number of nitrogen functional groups attached to an aromatic ring is 1. The molecule has 3 N–H and O–H groups in total. The number of nitrogens with two attached hydrogens (primary N) is 1. The van der Waals surface area contributed by atoms with Gasteiger partial charge in [0, 0.05) is 29.1 Å². The number of fused-ring (bicyclic) bond motifs is 1. The Kier molecular flexibility index (Phi) is 7.07. The molecular weight excluding hydrogens is 464 g/mol. The van der Waals surface area contributed by atoms with Gasteiger partial charge in [-0.15, -0.1) is 0 Å². The zero-order valence-corrected chi connectivity index (χ0v) is 20.7. The van der Waals surface area contributed by atoms with Gasteiger partial charge in [-0.3, -0.25) is 0 Å². The lowest BCUT2D eigenvalue weighted by atomic mass is 10.0. The van der Waals surface area contributed by atoms with Gasteiger partial charge >= 0.3 is 0 Å². The van der Waals surface area contributed by atoms with Crippen LogP contribution in [0.15, 0.2) is 71.6 Å². The molecule has 0 saturated carbocycles. The van der Waals surface area contributed by atoms with E-state index in [1.165, 1.54) is 12.1 Å². The number of nitrogens with zero attached hydrogens (tertiary/aromatic N) is 1. The summed E-state index contributed by atoms with van der Waals surface area (Å²) in [6, 6.07) is 19.6. The van der Waals surface area contributed by atoms with Crippen LogP contribution in [0.3, 0.4) is 0 Å². The Bertz CT molecular complexity index is 1470. The molecule has 0 amide bonds. The first kappa shape index (κ1) is 24.7. The number of rotatable bonds is 8. The van der Waals surface area contributed by atoms with E-state index in [1.54, 1.807) is 24.3 Å². The Hall–Kier alpha value is -3.46. The Morgan fingerprint density at radius 1 is 0.971 bits per heavy atom. The molecule has 8 heteroatoms. The molecule has 3 aromatic carbocycles. The van der Waals surface area contributed by atoms with Gasteiger partial charge in [-0.2, -0.15) is 8.42 Å². The summed E-state index contributed by atoms with van der Waals surface area (Å²) in [6.45, 7) is 5.92.